The van der Waals surface area contributed by atoms with E-state index in [-0.39, 0.29) is 11.5 Å². The summed E-state index contributed by atoms with van der Waals surface area (Å²) in [5, 5.41) is 9.88. The van der Waals surface area contributed by atoms with Crippen molar-refractivity contribution in [2.75, 3.05) is 11.5 Å². The second-order valence-corrected chi connectivity index (χ2v) is 5.28. The molecule has 94 valence electrons. The van der Waals surface area contributed by atoms with E-state index in [2.05, 4.69) is 15.5 Å². The minimum atomic E-state index is -0.567. The molecule has 2 aromatic heterocycles. The topological polar surface area (TPSA) is 111 Å². The van der Waals surface area contributed by atoms with Gasteiger partial charge in [-0.1, -0.05) is 23.1 Å². The summed E-state index contributed by atoms with van der Waals surface area (Å²) in [6.07, 6.45) is 1.36. The molecule has 2 heterocycles. The molecule has 0 fully saturated rings. The maximum Gasteiger partial charge on any atom is 0.293 e. The van der Waals surface area contributed by atoms with Crippen LogP contribution in [0.3, 0.4) is 0 Å². The van der Waals surface area contributed by atoms with Crippen LogP contribution in [0.15, 0.2) is 27.2 Å². The van der Waals surface area contributed by atoms with Crippen molar-refractivity contribution in [1.82, 2.24) is 15.5 Å². The average molecular weight is 284 g/mol. The molecule has 0 bridgehead atoms. The number of imide groups is 1. The Bertz CT molecular complexity index is 552. The van der Waals surface area contributed by atoms with Gasteiger partial charge in [-0.05, 0) is 12.1 Å². The van der Waals surface area contributed by atoms with Crippen LogP contribution in [-0.4, -0.2) is 27.8 Å². The normalized spacial score (nSPS) is 10.2. The van der Waals surface area contributed by atoms with Gasteiger partial charge in [0.15, 0.2) is 10.1 Å². The number of aromatic nitrogens is 2. The first kappa shape index (κ1) is 12.6. The van der Waals surface area contributed by atoms with Crippen molar-refractivity contribution >= 4 is 40.0 Å². The van der Waals surface area contributed by atoms with Gasteiger partial charge < -0.3 is 10.2 Å². The number of hydrogen-bond donors (Lipinski definition) is 2. The number of thioether (sulfide) groups is 1. The number of amides is 2. The highest BCUT2D eigenvalue weighted by atomic mass is 32.2. The van der Waals surface area contributed by atoms with Gasteiger partial charge in [0.25, 0.3) is 5.91 Å². The summed E-state index contributed by atoms with van der Waals surface area (Å²) >= 11 is 2.34. The van der Waals surface area contributed by atoms with Crippen molar-refractivity contribution < 1.29 is 14.0 Å². The lowest BCUT2D eigenvalue weighted by Crippen LogP contribution is -2.31. The van der Waals surface area contributed by atoms with E-state index < -0.39 is 11.8 Å². The van der Waals surface area contributed by atoms with E-state index in [9.17, 15) is 9.59 Å². The second kappa shape index (κ2) is 5.65. The lowest BCUT2D eigenvalue weighted by atomic mass is 10.4. The first-order valence-electron chi connectivity index (χ1n) is 4.74. The number of nitrogen functional groups attached to an aromatic ring is 1. The monoisotopic (exact) mass is 284 g/mol. The molecule has 0 spiro atoms. The molecule has 0 aliphatic rings. The van der Waals surface area contributed by atoms with Crippen LogP contribution in [0.1, 0.15) is 10.6 Å². The van der Waals surface area contributed by atoms with Crippen LogP contribution in [0.2, 0.25) is 0 Å². The van der Waals surface area contributed by atoms with Gasteiger partial charge >= 0.3 is 0 Å². The number of carbonyl (C=O) groups excluding carboxylic acids is 2. The van der Waals surface area contributed by atoms with Gasteiger partial charge in [0.1, 0.15) is 0 Å². The van der Waals surface area contributed by atoms with Gasteiger partial charge in [-0.15, -0.1) is 10.2 Å². The molecule has 2 amide bonds. The number of nitrogens with two attached hydrogens (primary N) is 1. The molecular formula is C9H8N4O3S2. The molecule has 0 unspecified atom stereocenters. The van der Waals surface area contributed by atoms with Crippen molar-refractivity contribution in [1.29, 1.82) is 0 Å². The number of nitrogens with zero attached hydrogens (tertiary/aromatic N) is 2. The highest BCUT2D eigenvalue weighted by Gasteiger charge is 2.13. The lowest BCUT2D eigenvalue weighted by molar-refractivity contribution is -0.117. The fraction of sp³-hybridized carbons (Fsp3) is 0.111. The second-order valence-electron chi connectivity index (χ2n) is 3.05. The molecule has 9 heteroatoms. The van der Waals surface area contributed by atoms with Crippen molar-refractivity contribution in [2.24, 2.45) is 0 Å². The highest BCUT2D eigenvalue weighted by Crippen LogP contribution is 2.22. The number of furan rings is 1. The summed E-state index contributed by atoms with van der Waals surface area (Å²) in [5.41, 5.74) is 5.39. The Morgan fingerprint density at radius 3 is 2.94 bits per heavy atom. The summed E-state index contributed by atoms with van der Waals surface area (Å²) in [6.45, 7) is 0. The van der Waals surface area contributed by atoms with Gasteiger partial charge in [0, 0.05) is 0 Å². The van der Waals surface area contributed by atoms with Crippen LogP contribution in [0.5, 0.6) is 0 Å². The van der Waals surface area contributed by atoms with Crippen LogP contribution < -0.4 is 11.1 Å². The van der Waals surface area contributed by atoms with Crippen LogP contribution in [0, 0.1) is 0 Å². The molecule has 0 atom stereocenters. The third-order valence-electron chi connectivity index (χ3n) is 1.75. The van der Waals surface area contributed by atoms with E-state index in [0.29, 0.717) is 9.47 Å². The fourth-order valence-electron chi connectivity index (χ4n) is 1.04. The molecule has 0 aliphatic carbocycles. The number of carbonyl (C=O) groups is 2. The van der Waals surface area contributed by atoms with Crippen LogP contribution in [-0.2, 0) is 4.79 Å². The smallest absolute Gasteiger partial charge is 0.293 e. The van der Waals surface area contributed by atoms with Crippen LogP contribution >= 0.6 is 23.1 Å². The summed E-state index contributed by atoms with van der Waals surface area (Å²) in [4.78, 5) is 22.9. The summed E-state index contributed by atoms with van der Waals surface area (Å²) in [7, 11) is 0. The molecule has 18 heavy (non-hydrogen) atoms. The SMILES string of the molecule is Nc1nnc(SCC(=O)NC(=O)c2ccco2)s1. The Morgan fingerprint density at radius 2 is 2.33 bits per heavy atom. The van der Waals surface area contributed by atoms with Crippen molar-refractivity contribution in [3.63, 3.8) is 0 Å². The van der Waals surface area contributed by atoms with Crippen LogP contribution in [0.25, 0.3) is 0 Å². The lowest BCUT2D eigenvalue weighted by Gasteiger charge is -1.99. The van der Waals surface area contributed by atoms with Crippen molar-refractivity contribution in [3.05, 3.63) is 24.2 Å². The van der Waals surface area contributed by atoms with E-state index in [0.717, 1.165) is 11.8 Å². The fourth-order valence-corrected chi connectivity index (χ4v) is 2.47. The highest BCUT2D eigenvalue weighted by molar-refractivity contribution is 8.01. The number of nitrogens with one attached hydrogen (secondary N) is 1. The molecule has 2 aromatic rings. The molecule has 2 rings (SSSR count). The number of anilines is 1. The molecule has 0 saturated heterocycles. The van der Waals surface area contributed by atoms with E-state index in [4.69, 9.17) is 10.2 Å². The van der Waals surface area contributed by atoms with Crippen LogP contribution in [0.4, 0.5) is 5.13 Å². The Balaban J connectivity index is 1.80. The average Bonchev–Trinajstić information content (AvgIpc) is 2.97. The van der Waals surface area contributed by atoms with Gasteiger partial charge in [0.2, 0.25) is 11.0 Å². The molecule has 3 N–H and O–H groups in total. The van der Waals surface area contributed by atoms with Crippen molar-refractivity contribution in [3.8, 4) is 0 Å². The molecule has 0 radical (unpaired) electrons. The number of hydrogen-bond acceptors (Lipinski definition) is 8. The standard InChI is InChI=1S/C9H8N4O3S2/c10-8-12-13-9(18-8)17-4-6(14)11-7(15)5-2-1-3-16-5/h1-3H,4H2,(H2,10,12)(H,11,14,15). The quantitative estimate of drug-likeness (QED) is 0.797. The summed E-state index contributed by atoms with van der Waals surface area (Å²) in [5.74, 6) is -0.854. The first-order valence-corrected chi connectivity index (χ1v) is 6.55. The zero-order valence-corrected chi connectivity index (χ0v) is 10.6. The van der Waals surface area contributed by atoms with Gasteiger partial charge in [-0.3, -0.25) is 14.9 Å². The predicted molar refractivity (Wildman–Crippen MR) is 66.2 cm³/mol. The third kappa shape index (κ3) is 3.31. The minimum absolute atomic E-state index is 0.0566. The van der Waals surface area contributed by atoms with Gasteiger partial charge in [-0.25, -0.2) is 0 Å². The maximum absolute atomic E-state index is 11.5. The Kier molecular flexibility index (Phi) is 3.95. The first-order chi connectivity index (χ1) is 8.65. The van der Waals surface area contributed by atoms with E-state index in [1.54, 1.807) is 6.07 Å². The zero-order chi connectivity index (χ0) is 13.0. The predicted octanol–water partition coefficient (Wildman–Crippen LogP) is 0.762. The summed E-state index contributed by atoms with van der Waals surface area (Å²) < 4.78 is 5.43. The van der Waals surface area contributed by atoms with E-state index >= 15 is 0 Å². The van der Waals surface area contributed by atoms with Gasteiger partial charge in [0.05, 0.1) is 12.0 Å². The van der Waals surface area contributed by atoms with E-state index in [1.165, 1.54) is 23.7 Å². The Morgan fingerprint density at radius 1 is 1.50 bits per heavy atom. The zero-order valence-electron chi connectivity index (χ0n) is 8.95. The summed E-state index contributed by atoms with van der Waals surface area (Å²) in [6, 6.07) is 3.04. The Labute approximate surface area is 110 Å². The Hall–Kier alpha value is -1.87. The van der Waals surface area contributed by atoms with E-state index in [1.807, 2.05) is 0 Å². The third-order valence-corrected chi connectivity index (χ3v) is 3.63. The van der Waals surface area contributed by atoms with Crippen molar-refractivity contribution in [2.45, 2.75) is 4.34 Å². The molecular weight excluding hydrogens is 276 g/mol. The largest absolute Gasteiger partial charge is 0.459 e. The maximum atomic E-state index is 11.5. The molecule has 7 nitrogen and oxygen atoms in total. The number of rotatable bonds is 4. The van der Waals surface area contributed by atoms with Gasteiger partial charge in [-0.2, -0.15) is 0 Å². The molecule has 0 saturated carbocycles. The minimum Gasteiger partial charge on any atom is -0.459 e. The molecule has 0 aliphatic heterocycles. The molecule has 0 aromatic carbocycles.